The summed E-state index contributed by atoms with van der Waals surface area (Å²) in [4.78, 5) is 11.1. The van der Waals surface area contributed by atoms with E-state index in [1.54, 1.807) is 12.2 Å². The van der Waals surface area contributed by atoms with Gasteiger partial charge < -0.3 is 4.74 Å². The van der Waals surface area contributed by atoms with Gasteiger partial charge in [-0.25, -0.2) is 4.79 Å². The number of ether oxygens (including phenoxy) is 1. The highest BCUT2D eigenvalue weighted by molar-refractivity contribution is 5.87. The van der Waals surface area contributed by atoms with Gasteiger partial charge in [0, 0.05) is 6.08 Å². The third-order valence-electron chi connectivity index (χ3n) is 1.61. The summed E-state index contributed by atoms with van der Waals surface area (Å²) in [5.74, 6) is -0.406. The Hall–Kier alpha value is -2.09. The molecule has 0 amide bonds. The predicted octanol–water partition coefficient (Wildman–Crippen LogP) is 2.94. The molecule has 76 valence electrons. The van der Waals surface area contributed by atoms with Gasteiger partial charge in [-0.1, -0.05) is 43.0 Å². The van der Waals surface area contributed by atoms with Crippen molar-refractivity contribution in [3.8, 4) is 0 Å². The van der Waals surface area contributed by atoms with Gasteiger partial charge in [0.05, 0.1) is 6.26 Å². The third-order valence-corrected chi connectivity index (χ3v) is 1.61. The standard InChI is InChI=1S/C13H12O2/c1-2-3-11-15-13(14)10-9-12-7-5-4-6-8-12/h2-11H,1H2/b10-9?,11-3+. The van der Waals surface area contributed by atoms with Gasteiger partial charge in [0.2, 0.25) is 0 Å². The van der Waals surface area contributed by atoms with E-state index in [1.165, 1.54) is 18.4 Å². The van der Waals surface area contributed by atoms with Crippen LogP contribution in [0.1, 0.15) is 5.56 Å². The molecule has 15 heavy (non-hydrogen) atoms. The van der Waals surface area contributed by atoms with Crippen LogP contribution in [-0.4, -0.2) is 5.97 Å². The highest BCUT2D eigenvalue weighted by Crippen LogP contribution is 2.00. The maximum absolute atomic E-state index is 11.1. The molecular weight excluding hydrogens is 188 g/mol. The quantitative estimate of drug-likeness (QED) is 0.323. The summed E-state index contributed by atoms with van der Waals surface area (Å²) in [6.45, 7) is 3.45. The van der Waals surface area contributed by atoms with Gasteiger partial charge in [0.1, 0.15) is 0 Å². The molecule has 1 aromatic rings. The van der Waals surface area contributed by atoms with E-state index in [9.17, 15) is 4.79 Å². The molecule has 0 heterocycles. The Morgan fingerprint density at radius 1 is 1.27 bits per heavy atom. The van der Waals surface area contributed by atoms with E-state index in [2.05, 4.69) is 6.58 Å². The second kappa shape index (κ2) is 6.38. The Kier molecular flexibility index (Phi) is 4.67. The van der Waals surface area contributed by atoms with Crippen LogP contribution in [0.2, 0.25) is 0 Å². The summed E-state index contributed by atoms with van der Waals surface area (Å²) in [7, 11) is 0. The summed E-state index contributed by atoms with van der Waals surface area (Å²) in [6.07, 6.45) is 7.46. The van der Waals surface area contributed by atoms with E-state index in [0.717, 1.165) is 5.56 Å². The molecule has 0 aliphatic heterocycles. The van der Waals surface area contributed by atoms with E-state index in [1.807, 2.05) is 30.3 Å². The number of allylic oxidation sites excluding steroid dienone is 2. The normalized spacial score (nSPS) is 10.7. The van der Waals surface area contributed by atoms with Gasteiger partial charge in [-0.2, -0.15) is 0 Å². The van der Waals surface area contributed by atoms with Crippen LogP contribution in [0.5, 0.6) is 0 Å². The Morgan fingerprint density at radius 3 is 2.67 bits per heavy atom. The maximum atomic E-state index is 11.1. The lowest BCUT2D eigenvalue weighted by Crippen LogP contribution is -1.92. The summed E-state index contributed by atoms with van der Waals surface area (Å²) < 4.78 is 4.73. The Bertz CT molecular complexity index is 375. The molecule has 0 aliphatic carbocycles. The van der Waals surface area contributed by atoms with Crippen molar-refractivity contribution in [3.63, 3.8) is 0 Å². The minimum atomic E-state index is -0.406. The van der Waals surface area contributed by atoms with Crippen LogP contribution < -0.4 is 0 Å². The highest BCUT2D eigenvalue weighted by Gasteiger charge is 1.91. The Balaban J connectivity index is 2.48. The van der Waals surface area contributed by atoms with Crippen molar-refractivity contribution in [1.29, 1.82) is 0 Å². The average Bonchev–Trinajstić information content (AvgIpc) is 2.28. The molecule has 0 bridgehead atoms. The van der Waals surface area contributed by atoms with Crippen LogP contribution in [0.15, 0.2) is 61.4 Å². The first-order chi connectivity index (χ1) is 7.33. The van der Waals surface area contributed by atoms with Crippen LogP contribution >= 0.6 is 0 Å². The molecule has 2 heteroatoms. The number of esters is 1. The lowest BCUT2D eigenvalue weighted by Gasteiger charge is -1.92. The van der Waals surface area contributed by atoms with E-state index >= 15 is 0 Å². The number of benzene rings is 1. The molecule has 2 nitrogen and oxygen atoms in total. The molecule has 0 atom stereocenters. The summed E-state index contributed by atoms with van der Waals surface area (Å²) in [5, 5.41) is 0. The van der Waals surface area contributed by atoms with Crippen molar-refractivity contribution in [1.82, 2.24) is 0 Å². The zero-order valence-electron chi connectivity index (χ0n) is 8.30. The molecule has 0 aliphatic rings. The SMILES string of the molecule is C=C/C=C/OC(=O)C=Cc1ccccc1. The lowest BCUT2D eigenvalue weighted by molar-refractivity contribution is -0.132. The molecule has 0 radical (unpaired) electrons. The van der Waals surface area contributed by atoms with E-state index in [0.29, 0.717) is 0 Å². The van der Waals surface area contributed by atoms with Crippen LogP contribution in [-0.2, 0) is 9.53 Å². The largest absolute Gasteiger partial charge is 0.431 e. The van der Waals surface area contributed by atoms with Crippen molar-refractivity contribution in [2.24, 2.45) is 0 Å². The smallest absolute Gasteiger partial charge is 0.335 e. The fourth-order valence-corrected chi connectivity index (χ4v) is 0.930. The first-order valence-electron chi connectivity index (χ1n) is 4.54. The molecule has 0 spiro atoms. The first-order valence-corrected chi connectivity index (χ1v) is 4.54. The fraction of sp³-hybridized carbons (Fsp3) is 0. The van der Waals surface area contributed by atoms with Crippen molar-refractivity contribution in [3.05, 3.63) is 67.0 Å². The molecular formula is C13H12O2. The second-order valence-electron chi connectivity index (χ2n) is 2.75. The molecule has 0 N–H and O–H groups in total. The summed E-state index contributed by atoms with van der Waals surface area (Å²) >= 11 is 0. The molecule has 1 aromatic carbocycles. The lowest BCUT2D eigenvalue weighted by atomic mass is 10.2. The van der Waals surface area contributed by atoms with Crippen LogP contribution in [0.4, 0.5) is 0 Å². The number of carbonyl (C=O) groups is 1. The minimum absolute atomic E-state index is 0.406. The predicted molar refractivity (Wildman–Crippen MR) is 60.9 cm³/mol. The van der Waals surface area contributed by atoms with Gasteiger partial charge >= 0.3 is 5.97 Å². The second-order valence-corrected chi connectivity index (χ2v) is 2.75. The summed E-state index contributed by atoms with van der Waals surface area (Å²) in [5.41, 5.74) is 0.960. The van der Waals surface area contributed by atoms with Crippen molar-refractivity contribution < 1.29 is 9.53 Å². The zero-order valence-corrected chi connectivity index (χ0v) is 8.30. The molecule has 1 rings (SSSR count). The molecule has 0 fully saturated rings. The van der Waals surface area contributed by atoms with Crippen LogP contribution in [0.3, 0.4) is 0 Å². The number of carbonyl (C=O) groups excluding carboxylic acids is 1. The number of rotatable bonds is 4. The topological polar surface area (TPSA) is 26.3 Å². The molecule has 0 saturated heterocycles. The van der Waals surface area contributed by atoms with Crippen molar-refractivity contribution >= 4 is 12.0 Å². The van der Waals surface area contributed by atoms with Crippen molar-refractivity contribution in [2.45, 2.75) is 0 Å². The van der Waals surface area contributed by atoms with Crippen molar-refractivity contribution in [2.75, 3.05) is 0 Å². The van der Waals surface area contributed by atoms with E-state index in [-0.39, 0.29) is 0 Å². The van der Waals surface area contributed by atoms with E-state index in [4.69, 9.17) is 4.74 Å². The van der Waals surface area contributed by atoms with Gasteiger partial charge in [-0.15, -0.1) is 0 Å². The molecule has 0 unspecified atom stereocenters. The Morgan fingerprint density at radius 2 is 2.00 bits per heavy atom. The number of hydrogen-bond donors (Lipinski definition) is 0. The Labute approximate surface area is 89.2 Å². The van der Waals surface area contributed by atoms with Gasteiger partial charge in [-0.3, -0.25) is 0 Å². The first kappa shape index (κ1) is 11.0. The third kappa shape index (κ3) is 4.62. The minimum Gasteiger partial charge on any atom is -0.431 e. The number of hydrogen-bond acceptors (Lipinski definition) is 2. The van der Waals surface area contributed by atoms with Gasteiger partial charge in [-0.05, 0) is 17.7 Å². The van der Waals surface area contributed by atoms with Gasteiger partial charge in [0.15, 0.2) is 0 Å². The highest BCUT2D eigenvalue weighted by atomic mass is 16.5. The average molecular weight is 200 g/mol. The molecule has 0 aromatic heterocycles. The maximum Gasteiger partial charge on any atom is 0.335 e. The van der Waals surface area contributed by atoms with E-state index < -0.39 is 5.97 Å². The zero-order chi connectivity index (χ0) is 10.9. The molecule has 0 saturated carbocycles. The van der Waals surface area contributed by atoms with Gasteiger partial charge in [0.25, 0.3) is 0 Å². The van der Waals surface area contributed by atoms with Crippen LogP contribution in [0.25, 0.3) is 6.08 Å². The summed E-state index contributed by atoms with van der Waals surface area (Å²) in [6, 6.07) is 9.54. The van der Waals surface area contributed by atoms with Crippen LogP contribution in [0, 0.1) is 0 Å². The fourth-order valence-electron chi connectivity index (χ4n) is 0.930. The monoisotopic (exact) mass is 200 g/mol.